The molecule has 4 heterocycles. The molecule has 1 aliphatic carbocycles. The number of allylic oxidation sites excluding steroid dienone is 2. The number of fused-ring (bicyclic) bond motifs is 1. The summed E-state index contributed by atoms with van der Waals surface area (Å²) in [6.45, 7) is -2.60. The third-order valence-electron chi connectivity index (χ3n) is 5.69. The first-order chi connectivity index (χ1) is 18.9. The fraction of sp³-hybridized carbons (Fsp3) is 0.261. The number of rotatable bonds is 7. The van der Waals surface area contributed by atoms with Gasteiger partial charge in [0, 0.05) is 42.8 Å². The van der Waals surface area contributed by atoms with Gasteiger partial charge < -0.3 is 20.7 Å². The van der Waals surface area contributed by atoms with Gasteiger partial charge in [-0.1, -0.05) is 0 Å². The van der Waals surface area contributed by atoms with Gasteiger partial charge in [-0.2, -0.15) is 9.61 Å². The Morgan fingerprint density at radius 3 is 2.94 bits per heavy atom. The molecule has 3 aromatic rings. The minimum absolute atomic E-state index is 0.00431. The Morgan fingerprint density at radius 1 is 1.32 bits per heavy atom. The van der Waals surface area contributed by atoms with Crippen LogP contribution in [0.25, 0.3) is 5.65 Å². The molecule has 5 rings (SSSR count). The Kier molecular flexibility index (Phi) is 4.05. The monoisotopic (exact) mass is 466 g/mol. The molecule has 11 nitrogen and oxygen atoms in total. The van der Waals surface area contributed by atoms with Crippen LogP contribution in [0, 0.1) is 0 Å². The largest absolute Gasteiger partial charge is 0.379 e. The van der Waals surface area contributed by atoms with Crippen LogP contribution in [0.1, 0.15) is 31.4 Å². The van der Waals surface area contributed by atoms with Crippen LogP contribution >= 0.6 is 0 Å². The summed E-state index contributed by atoms with van der Waals surface area (Å²) in [4.78, 5) is 29.6. The first-order valence-corrected chi connectivity index (χ1v) is 10.4. The van der Waals surface area contributed by atoms with Crippen LogP contribution in [0.5, 0.6) is 0 Å². The number of methoxy groups -OCH3 is 1. The second kappa shape index (κ2) is 8.89. The number of carbonyl (C=O) groups excluding carboxylic acids is 2. The highest BCUT2D eigenvalue weighted by Gasteiger charge is 2.33. The maximum Gasteiger partial charge on any atom is 0.257 e. The third kappa shape index (κ3) is 3.72. The topological polar surface area (TPSA) is 118 Å². The summed E-state index contributed by atoms with van der Waals surface area (Å²) < 4.78 is 52.8. The van der Waals surface area contributed by atoms with Crippen LogP contribution in [0.2, 0.25) is 0 Å². The first kappa shape index (κ1) is 15.5. The number of hydrogen-bond acceptors (Lipinski definition) is 8. The molecule has 1 saturated carbocycles. The van der Waals surface area contributed by atoms with Gasteiger partial charge in [-0.25, -0.2) is 14.8 Å². The number of carbonyl (C=O) groups is 1. The molecule has 1 aliphatic heterocycles. The van der Waals surface area contributed by atoms with Gasteiger partial charge in [-0.05, 0) is 37.1 Å². The molecular formula is C23H24N8O3. The molecule has 1 amide bonds. The minimum atomic E-state index is -2.60. The van der Waals surface area contributed by atoms with Gasteiger partial charge in [0.15, 0.2) is 17.3 Å². The molecule has 1 fully saturated rings. The number of nitrogens with zero attached hydrogens (tertiary/aromatic N) is 5. The lowest BCUT2D eigenvalue weighted by Crippen LogP contribution is -2.51. The molecule has 0 aromatic carbocycles. The summed E-state index contributed by atoms with van der Waals surface area (Å²) in [5.74, 6) is 1.44. The number of aromatic nitrogens is 4. The molecule has 11 heteroatoms. The van der Waals surface area contributed by atoms with Crippen molar-refractivity contribution in [2.45, 2.75) is 25.0 Å². The summed E-state index contributed by atoms with van der Waals surface area (Å²) >= 11 is 0. The van der Waals surface area contributed by atoms with E-state index in [2.05, 4.69) is 26.0 Å². The summed E-state index contributed by atoms with van der Waals surface area (Å²) in [5, 5.41) is 13.8. The highest BCUT2D eigenvalue weighted by atomic mass is 16.5. The molecule has 2 atom stereocenters. The van der Waals surface area contributed by atoms with Crippen molar-refractivity contribution in [3.8, 4) is 0 Å². The lowest BCUT2D eigenvalue weighted by Gasteiger charge is -2.35. The SMILES string of the molecule is [2H]C([2H])([2H])Nc1cc(NC2=CC=CN(n3cccc3)C2=C=O)nc2c(C(=O)N[C@H]3CC[C@@H]3OC([2H])([2H])[2H])cnn12. The zero-order valence-electron chi connectivity index (χ0n) is 23.7. The van der Waals surface area contributed by atoms with Gasteiger partial charge in [-0.3, -0.25) is 9.47 Å². The van der Waals surface area contributed by atoms with E-state index in [1.807, 2.05) is 5.94 Å². The predicted octanol–water partition coefficient (Wildman–Crippen LogP) is 1.66. The summed E-state index contributed by atoms with van der Waals surface area (Å²) in [5.41, 5.74) is 0.483. The highest BCUT2D eigenvalue weighted by Crippen LogP contribution is 2.25. The van der Waals surface area contributed by atoms with Crippen LogP contribution in [0.15, 0.2) is 66.5 Å². The van der Waals surface area contributed by atoms with Gasteiger partial charge in [0.05, 0.1) is 28.2 Å². The summed E-state index contributed by atoms with van der Waals surface area (Å²) in [7, 11) is -2.59. The van der Waals surface area contributed by atoms with Crippen LogP contribution in [-0.2, 0) is 9.53 Å². The summed E-state index contributed by atoms with van der Waals surface area (Å²) in [6.07, 6.45) is 10.0. The van der Waals surface area contributed by atoms with Gasteiger partial charge in [0.25, 0.3) is 5.91 Å². The van der Waals surface area contributed by atoms with Gasteiger partial charge in [-0.15, -0.1) is 0 Å². The smallest absolute Gasteiger partial charge is 0.257 e. The number of anilines is 2. The molecule has 34 heavy (non-hydrogen) atoms. The third-order valence-corrected chi connectivity index (χ3v) is 5.69. The van der Waals surface area contributed by atoms with Gasteiger partial charge in [0.2, 0.25) is 0 Å². The van der Waals surface area contributed by atoms with E-state index in [4.69, 9.17) is 13.0 Å². The Bertz CT molecular complexity index is 1540. The molecule has 0 bridgehead atoms. The lowest BCUT2D eigenvalue weighted by atomic mass is 9.89. The zero-order valence-corrected chi connectivity index (χ0v) is 17.7. The molecule has 3 N–H and O–H groups in total. The average molecular weight is 467 g/mol. The molecule has 0 radical (unpaired) electrons. The number of ether oxygens (including phenoxy) is 1. The van der Waals surface area contributed by atoms with Crippen LogP contribution in [0.4, 0.5) is 11.6 Å². The number of hydrogen-bond donors (Lipinski definition) is 3. The van der Waals surface area contributed by atoms with Crippen molar-refractivity contribution in [1.29, 1.82) is 0 Å². The number of amides is 1. The van der Waals surface area contributed by atoms with Crippen molar-refractivity contribution < 1.29 is 22.6 Å². The van der Waals surface area contributed by atoms with E-state index in [1.165, 1.54) is 16.8 Å². The maximum atomic E-state index is 13.2. The maximum absolute atomic E-state index is 13.2. The van der Waals surface area contributed by atoms with Gasteiger partial charge in [0.1, 0.15) is 17.2 Å². The molecule has 2 aliphatic rings. The van der Waals surface area contributed by atoms with Crippen molar-refractivity contribution in [2.24, 2.45) is 0 Å². The van der Waals surface area contributed by atoms with Crippen LogP contribution in [-0.4, -0.2) is 57.3 Å². The second-order valence-electron chi connectivity index (χ2n) is 7.66. The molecule has 174 valence electrons. The van der Waals surface area contributed by atoms with E-state index in [9.17, 15) is 9.59 Å². The first-order valence-electron chi connectivity index (χ1n) is 13.4. The van der Waals surface area contributed by atoms with E-state index in [0.29, 0.717) is 18.5 Å². The zero-order chi connectivity index (χ0) is 28.7. The fourth-order valence-electron chi connectivity index (χ4n) is 3.80. The van der Waals surface area contributed by atoms with Crippen molar-refractivity contribution >= 4 is 29.1 Å². The van der Waals surface area contributed by atoms with Crippen molar-refractivity contribution in [3.63, 3.8) is 0 Å². The van der Waals surface area contributed by atoms with E-state index in [-0.39, 0.29) is 28.5 Å². The standard InChI is InChI=1S/C23H24N8O3/c1-24-21-12-20(26-16-6-5-11-30(18(16)14-32)29-9-3-4-10-29)28-22-15(13-25-31(21)22)23(33)27-17-7-8-19(17)34-2/h3-6,9-13,17,19,24H,7-8H2,1-2H3,(H,26,28)(H,27,33)/t17-,19-/m0/s1/i1D3,2D3. The normalized spacial score (nSPS) is 22.8. The van der Waals surface area contributed by atoms with E-state index in [0.717, 1.165) is 0 Å². The molecule has 0 saturated heterocycles. The van der Waals surface area contributed by atoms with E-state index >= 15 is 0 Å². The highest BCUT2D eigenvalue weighted by molar-refractivity contribution is 6.00. The summed E-state index contributed by atoms with van der Waals surface area (Å²) in [6, 6.07) is 4.43. The molecule has 0 spiro atoms. The minimum Gasteiger partial charge on any atom is -0.379 e. The van der Waals surface area contributed by atoms with Crippen molar-refractivity contribution in [2.75, 3.05) is 29.7 Å². The van der Waals surface area contributed by atoms with Gasteiger partial charge >= 0.3 is 0 Å². The Hall–Kier alpha value is -4.34. The predicted molar refractivity (Wildman–Crippen MR) is 127 cm³/mol. The second-order valence-corrected chi connectivity index (χ2v) is 7.66. The Balaban J connectivity index is 1.46. The van der Waals surface area contributed by atoms with Crippen molar-refractivity contribution in [3.05, 3.63) is 72.1 Å². The Labute approximate surface area is 203 Å². The quantitative estimate of drug-likeness (QED) is 0.450. The van der Waals surface area contributed by atoms with E-state index < -0.39 is 32.1 Å². The van der Waals surface area contributed by atoms with Crippen molar-refractivity contribution in [1.82, 2.24) is 24.6 Å². The average Bonchev–Trinajstić information content (AvgIpc) is 3.54. The fourth-order valence-corrected chi connectivity index (χ4v) is 3.80. The lowest BCUT2D eigenvalue weighted by molar-refractivity contribution is 0.00732. The molecule has 0 unspecified atom stereocenters. The Morgan fingerprint density at radius 2 is 2.21 bits per heavy atom. The molecular weight excluding hydrogens is 436 g/mol. The van der Waals surface area contributed by atoms with Crippen LogP contribution < -0.4 is 21.0 Å². The molecule has 3 aromatic heterocycles. The van der Waals surface area contributed by atoms with Crippen LogP contribution in [0.3, 0.4) is 0 Å². The van der Waals surface area contributed by atoms with E-state index in [1.54, 1.807) is 52.6 Å². The number of nitrogens with one attached hydrogen (secondary N) is 3.